The highest BCUT2D eigenvalue weighted by atomic mass is 32.1. The van der Waals surface area contributed by atoms with Gasteiger partial charge < -0.3 is 4.74 Å². The van der Waals surface area contributed by atoms with Crippen LogP contribution in [0.15, 0.2) is 29.9 Å². The molecule has 0 bridgehead atoms. The number of hydrogen-bond acceptors (Lipinski definition) is 4. The molecule has 5 heteroatoms. The lowest BCUT2D eigenvalue weighted by atomic mass is 10.1. The summed E-state index contributed by atoms with van der Waals surface area (Å²) in [5.41, 5.74) is 1.88. The summed E-state index contributed by atoms with van der Waals surface area (Å²) in [5, 5.41) is 3.27. The third kappa shape index (κ3) is 2.93. The van der Waals surface area contributed by atoms with E-state index in [1.54, 1.807) is 22.4 Å². The fourth-order valence-corrected chi connectivity index (χ4v) is 3.28. The molecule has 1 aliphatic rings. The van der Waals surface area contributed by atoms with E-state index >= 15 is 0 Å². The molecule has 0 N–H and O–H groups in total. The summed E-state index contributed by atoms with van der Waals surface area (Å²) in [6, 6.07) is 4.02. The van der Waals surface area contributed by atoms with Gasteiger partial charge in [-0.05, 0) is 50.5 Å². The van der Waals surface area contributed by atoms with Crippen molar-refractivity contribution >= 4 is 33.2 Å². The summed E-state index contributed by atoms with van der Waals surface area (Å²) in [6.07, 6.45) is 4.27. The first kappa shape index (κ1) is 14.1. The van der Waals surface area contributed by atoms with Crippen LogP contribution >= 0.6 is 11.3 Å². The van der Waals surface area contributed by atoms with Gasteiger partial charge in [-0.25, -0.2) is 9.78 Å². The van der Waals surface area contributed by atoms with Crippen LogP contribution in [0.3, 0.4) is 0 Å². The van der Waals surface area contributed by atoms with Gasteiger partial charge in [0.05, 0.1) is 0 Å². The highest BCUT2D eigenvalue weighted by molar-refractivity contribution is 7.17. The number of rotatable bonds is 1. The van der Waals surface area contributed by atoms with Crippen LogP contribution < -0.4 is 0 Å². The van der Waals surface area contributed by atoms with Crippen molar-refractivity contribution in [3.8, 4) is 0 Å². The lowest BCUT2D eigenvalue weighted by Gasteiger charge is -2.23. The molecule has 1 amide bonds. The molecule has 1 aliphatic heterocycles. The van der Waals surface area contributed by atoms with Crippen LogP contribution in [0.25, 0.3) is 15.8 Å². The Morgan fingerprint density at radius 2 is 2.24 bits per heavy atom. The number of fused-ring (bicyclic) bond motifs is 1. The van der Waals surface area contributed by atoms with E-state index < -0.39 is 5.60 Å². The van der Waals surface area contributed by atoms with E-state index in [2.05, 4.69) is 16.4 Å². The number of hydrogen-bond donors (Lipinski definition) is 0. The van der Waals surface area contributed by atoms with Crippen molar-refractivity contribution in [2.45, 2.75) is 32.8 Å². The Morgan fingerprint density at radius 3 is 3.00 bits per heavy atom. The van der Waals surface area contributed by atoms with Crippen LogP contribution in [0.2, 0.25) is 0 Å². The van der Waals surface area contributed by atoms with E-state index in [4.69, 9.17) is 4.74 Å². The molecule has 2 aromatic rings. The number of aromatic nitrogens is 1. The van der Waals surface area contributed by atoms with Crippen molar-refractivity contribution in [3.05, 3.63) is 35.5 Å². The summed E-state index contributed by atoms with van der Waals surface area (Å²) >= 11 is 1.63. The number of ether oxygens (including phenoxy) is 1. The number of thiophene rings is 1. The summed E-state index contributed by atoms with van der Waals surface area (Å²) in [7, 11) is 0. The molecule has 110 valence electrons. The predicted octanol–water partition coefficient (Wildman–Crippen LogP) is 4.28. The highest BCUT2D eigenvalue weighted by Gasteiger charge is 2.25. The van der Waals surface area contributed by atoms with Gasteiger partial charge in [-0.1, -0.05) is 0 Å². The second-order valence-electron chi connectivity index (χ2n) is 6.08. The zero-order chi connectivity index (χ0) is 15.0. The van der Waals surface area contributed by atoms with Crippen molar-refractivity contribution in [1.29, 1.82) is 0 Å². The predicted molar refractivity (Wildman–Crippen MR) is 85.2 cm³/mol. The molecule has 21 heavy (non-hydrogen) atoms. The molecule has 0 saturated carbocycles. The fraction of sp³-hybridized carbons (Fsp3) is 0.375. The largest absolute Gasteiger partial charge is 0.443 e. The number of carbonyl (C=O) groups excluding carboxylic acids is 1. The first-order chi connectivity index (χ1) is 9.94. The third-order valence-corrected chi connectivity index (χ3v) is 4.16. The van der Waals surface area contributed by atoms with E-state index in [9.17, 15) is 4.79 Å². The van der Waals surface area contributed by atoms with E-state index in [-0.39, 0.29) is 6.09 Å². The topological polar surface area (TPSA) is 42.4 Å². The van der Waals surface area contributed by atoms with Crippen molar-refractivity contribution in [1.82, 2.24) is 9.88 Å². The van der Waals surface area contributed by atoms with E-state index in [0.29, 0.717) is 6.54 Å². The van der Waals surface area contributed by atoms with E-state index in [0.717, 1.165) is 16.6 Å². The van der Waals surface area contributed by atoms with Gasteiger partial charge in [-0.3, -0.25) is 4.90 Å². The van der Waals surface area contributed by atoms with Crippen molar-refractivity contribution < 1.29 is 9.53 Å². The van der Waals surface area contributed by atoms with Crippen molar-refractivity contribution in [2.24, 2.45) is 0 Å². The van der Waals surface area contributed by atoms with Gasteiger partial charge in [-0.15, -0.1) is 11.3 Å². The van der Waals surface area contributed by atoms with Crippen LogP contribution in [0, 0.1) is 0 Å². The van der Waals surface area contributed by atoms with Crippen LogP contribution in [-0.2, 0) is 4.74 Å². The van der Waals surface area contributed by atoms with Gasteiger partial charge in [-0.2, -0.15) is 0 Å². The maximum atomic E-state index is 12.1. The zero-order valence-corrected chi connectivity index (χ0v) is 13.2. The lowest BCUT2D eigenvalue weighted by molar-refractivity contribution is 0.0349. The van der Waals surface area contributed by atoms with Gasteiger partial charge in [0.25, 0.3) is 0 Å². The molecule has 0 atom stereocenters. The highest BCUT2D eigenvalue weighted by Crippen LogP contribution is 2.34. The van der Waals surface area contributed by atoms with Gasteiger partial charge >= 0.3 is 6.09 Å². The molecule has 0 radical (unpaired) electrons. The molecular formula is C16H18N2O2S. The monoisotopic (exact) mass is 302 g/mol. The van der Waals surface area contributed by atoms with E-state index in [1.165, 1.54) is 11.1 Å². The second-order valence-corrected chi connectivity index (χ2v) is 6.94. The van der Waals surface area contributed by atoms with Crippen LogP contribution in [0.4, 0.5) is 4.79 Å². The third-order valence-electron chi connectivity index (χ3n) is 3.26. The Bertz CT molecular complexity index is 712. The number of pyridine rings is 1. The van der Waals surface area contributed by atoms with Crippen molar-refractivity contribution in [3.63, 3.8) is 0 Å². The SMILES string of the molecule is CC(C)(C)OC(=O)N1C=C(c2csc3ncccc23)CC1. The average molecular weight is 302 g/mol. The minimum Gasteiger partial charge on any atom is -0.443 e. The summed E-state index contributed by atoms with van der Waals surface area (Å²) in [4.78, 5) is 19.1. The molecule has 0 aromatic carbocycles. The Balaban J connectivity index is 1.85. The standard InChI is InChI=1S/C16H18N2O2S/c1-16(2,3)20-15(19)18-8-6-11(9-18)13-10-21-14-12(13)5-4-7-17-14/h4-5,7,9-10H,6,8H2,1-3H3. The molecule has 0 aliphatic carbocycles. The molecule has 0 saturated heterocycles. The van der Waals surface area contributed by atoms with E-state index in [1.807, 2.05) is 33.0 Å². The number of nitrogens with zero attached hydrogens (tertiary/aromatic N) is 2. The van der Waals surface area contributed by atoms with Crippen LogP contribution in [-0.4, -0.2) is 28.1 Å². The maximum absolute atomic E-state index is 12.1. The smallest absolute Gasteiger partial charge is 0.414 e. The quantitative estimate of drug-likeness (QED) is 0.789. The van der Waals surface area contributed by atoms with Gasteiger partial charge in [0.1, 0.15) is 10.4 Å². The first-order valence-electron chi connectivity index (χ1n) is 6.97. The molecule has 3 heterocycles. The number of carbonyl (C=O) groups is 1. The Kier molecular flexibility index (Phi) is 3.45. The fourth-order valence-electron chi connectivity index (χ4n) is 2.34. The first-order valence-corrected chi connectivity index (χ1v) is 7.85. The summed E-state index contributed by atoms with van der Waals surface area (Å²) in [5.74, 6) is 0. The number of amides is 1. The van der Waals surface area contributed by atoms with Crippen molar-refractivity contribution in [2.75, 3.05) is 6.54 Å². The molecule has 0 unspecified atom stereocenters. The summed E-state index contributed by atoms with van der Waals surface area (Å²) in [6.45, 7) is 6.30. The Morgan fingerprint density at radius 1 is 1.43 bits per heavy atom. The zero-order valence-electron chi connectivity index (χ0n) is 12.4. The molecule has 2 aromatic heterocycles. The van der Waals surface area contributed by atoms with Gasteiger partial charge in [0.15, 0.2) is 0 Å². The van der Waals surface area contributed by atoms with Crippen LogP contribution in [0.1, 0.15) is 32.8 Å². The molecule has 0 fully saturated rings. The summed E-state index contributed by atoms with van der Waals surface area (Å²) < 4.78 is 5.41. The second kappa shape index (κ2) is 5.15. The van der Waals surface area contributed by atoms with Crippen LogP contribution in [0.5, 0.6) is 0 Å². The lowest BCUT2D eigenvalue weighted by Crippen LogP contribution is -2.32. The normalized spacial score (nSPS) is 15.4. The molecule has 4 nitrogen and oxygen atoms in total. The van der Waals surface area contributed by atoms with Gasteiger partial charge in [0.2, 0.25) is 0 Å². The minimum absolute atomic E-state index is 0.282. The molecule has 0 spiro atoms. The van der Waals surface area contributed by atoms with Gasteiger partial charge in [0, 0.05) is 29.7 Å². The molecule has 3 rings (SSSR count). The minimum atomic E-state index is -0.466. The molecular weight excluding hydrogens is 284 g/mol. The Labute approximate surface area is 128 Å². The maximum Gasteiger partial charge on any atom is 0.414 e. The average Bonchev–Trinajstić information content (AvgIpc) is 3.03. The Hall–Kier alpha value is -1.88.